The van der Waals surface area contributed by atoms with E-state index in [0.717, 1.165) is 22.5 Å². The van der Waals surface area contributed by atoms with Crippen molar-refractivity contribution in [1.82, 2.24) is 15.2 Å². The van der Waals surface area contributed by atoms with Crippen LogP contribution in [0.2, 0.25) is 0 Å². The van der Waals surface area contributed by atoms with Gasteiger partial charge in [-0.15, -0.1) is 0 Å². The first-order valence-corrected chi connectivity index (χ1v) is 13.1. The number of nitrogens with one attached hydrogen (secondary N) is 1. The van der Waals surface area contributed by atoms with Crippen LogP contribution in [0.1, 0.15) is 70.5 Å². The Bertz CT molecular complexity index is 1150. The second-order valence-corrected chi connectivity index (χ2v) is 11.2. The fourth-order valence-corrected chi connectivity index (χ4v) is 5.64. The number of rotatable bonds is 5. The smallest absolute Gasteiger partial charge is 0.410 e. The van der Waals surface area contributed by atoms with E-state index in [1.54, 1.807) is 12.0 Å². The van der Waals surface area contributed by atoms with Gasteiger partial charge in [0, 0.05) is 32.2 Å². The summed E-state index contributed by atoms with van der Waals surface area (Å²) in [7, 11) is 1.57. The summed E-state index contributed by atoms with van der Waals surface area (Å²) in [5.74, 6) is 0.468. The van der Waals surface area contributed by atoms with Crippen LogP contribution in [-0.2, 0) is 17.7 Å². The summed E-state index contributed by atoms with van der Waals surface area (Å²) in [6.07, 6.45) is 2.62. The lowest BCUT2D eigenvalue weighted by Crippen LogP contribution is -2.47. The van der Waals surface area contributed by atoms with Crippen LogP contribution in [0.15, 0.2) is 12.1 Å². The maximum absolute atomic E-state index is 13.1. The number of nitrogens with zero attached hydrogens (tertiary/aromatic N) is 3. The van der Waals surface area contributed by atoms with Crippen LogP contribution in [-0.4, -0.2) is 66.6 Å². The number of methoxy groups -OCH3 is 1. The second-order valence-electron chi connectivity index (χ2n) is 10.2. The van der Waals surface area contributed by atoms with Gasteiger partial charge in [-0.05, 0) is 64.2 Å². The number of aromatic nitrogens is 1. The van der Waals surface area contributed by atoms with Crippen LogP contribution in [0.3, 0.4) is 0 Å². The number of ether oxygens (including phenoxy) is 2. The predicted octanol–water partition coefficient (Wildman–Crippen LogP) is 3.96. The number of anilines is 1. The first-order valence-electron chi connectivity index (χ1n) is 12.2. The number of fused-ring (bicyclic) bond motifs is 1. The zero-order chi connectivity index (χ0) is 26.0. The molecule has 0 unspecified atom stereocenters. The molecular weight excluding hydrogens is 480 g/mol. The lowest BCUT2D eigenvalue weighted by Gasteiger charge is -2.33. The number of piperidine rings is 1. The molecule has 2 aliphatic heterocycles. The molecule has 10 heteroatoms. The Balaban J connectivity index is 1.37. The predicted molar refractivity (Wildman–Crippen MR) is 138 cm³/mol. The minimum atomic E-state index is -0.524. The van der Waals surface area contributed by atoms with Crippen LogP contribution < -0.4 is 15.0 Å². The van der Waals surface area contributed by atoms with Crippen LogP contribution in [0.25, 0.3) is 0 Å². The Morgan fingerprint density at radius 3 is 2.56 bits per heavy atom. The van der Waals surface area contributed by atoms with Gasteiger partial charge in [-0.25, -0.2) is 9.78 Å². The number of likely N-dealkylation sites (tertiary alicyclic amines) is 1. The molecule has 0 aliphatic carbocycles. The third-order valence-corrected chi connectivity index (χ3v) is 7.71. The maximum Gasteiger partial charge on any atom is 0.410 e. The van der Waals surface area contributed by atoms with E-state index in [2.05, 4.69) is 15.2 Å². The highest BCUT2D eigenvalue weighted by Crippen LogP contribution is 2.33. The van der Waals surface area contributed by atoms with Crippen molar-refractivity contribution in [2.24, 2.45) is 0 Å². The van der Waals surface area contributed by atoms with Gasteiger partial charge in [0.1, 0.15) is 16.2 Å². The fraction of sp³-hybridized carbons (Fsp3) is 0.538. The van der Waals surface area contributed by atoms with E-state index in [-0.39, 0.29) is 18.0 Å². The number of carbonyl (C=O) groups excluding carboxylic acids is 3. The van der Waals surface area contributed by atoms with E-state index in [0.29, 0.717) is 67.3 Å². The first-order chi connectivity index (χ1) is 17.1. The Kier molecular flexibility index (Phi) is 7.54. The van der Waals surface area contributed by atoms with E-state index >= 15 is 0 Å². The van der Waals surface area contributed by atoms with Crippen molar-refractivity contribution in [3.63, 3.8) is 0 Å². The molecule has 2 amide bonds. The van der Waals surface area contributed by atoms with Gasteiger partial charge in [-0.3, -0.25) is 9.59 Å². The topological polar surface area (TPSA) is 101 Å². The van der Waals surface area contributed by atoms with Crippen LogP contribution >= 0.6 is 11.3 Å². The minimum absolute atomic E-state index is 0.000238. The van der Waals surface area contributed by atoms with Crippen molar-refractivity contribution >= 4 is 34.8 Å². The summed E-state index contributed by atoms with van der Waals surface area (Å²) >= 11 is 1.39. The molecule has 1 aromatic carbocycles. The van der Waals surface area contributed by atoms with Gasteiger partial charge in [0.05, 0.1) is 18.4 Å². The number of hydrogen-bond acceptors (Lipinski definition) is 8. The molecule has 1 saturated heterocycles. The molecule has 2 aliphatic rings. The molecular formula is C26H34N4O5S. The Hall–Kier alpha value is -3.14. The average Bonchev–Trinajstić information content (AvgIpc) is 3.24. The third-order valence-electron chi connectivity index (χ3n) is 6.49. The SMILES string of the molecule is COc1ccc2c(c1C=O)CCN(c1nc(C)c(C(=O)NC3CCN(C(=O)OC(C)(C)C)CC3)s1)C2. The van der Waals surface area contributed by atoms with Crippen molar-refractivity contribution in [1.29, 1.82) is 0 Å². The van der Waals surface area contributed by atoms with Crippen molar-refractivity contribution in [3.05, 3.63) is 39.4 Å². The summed E-state index contributed by atoms with van der Waals surface area (Å²) in [5, 5.41) is 3.92. The number of aldehydes is 1. The molecule has 3 heterocycles. The van der Waals surface area contributed by atoms with Gasteiger partial charge in [-0.1, -0.05) is 17.4 Å². The second kappa shape index (κ2) is 10.5. The number of carbonyl (C=O) groups is 3. The molecule has 0 spiro atoms. The van der Waals surface area contributed by atoms with Gasteiger partial charge < -0.3 is 24.6 Å². The maximum atomic E-state index is 13.1. The summed E-state index contributed by atoms with van der Waals surface area (Å²) in [6.45, 7) is 9.84. The summed E-state index contributed by atoms with van der Waals surface area (Å²) in [5.41, 5.74) is 2.88. The summed E-state index contributed by atoms with van der Waals surface area (Å²) < 4.78 is 10.8. The Labute approximate surface area is 215 Å². The first kappa shape index (κ1) is 25.9. The van der Waals surface area contributed by atoms with E-state index in [4.69, 9.17) is 9.47 Å². The molecule has 4 rings (SSSR count). The number of hydrogen-bond donors (Lipinski definition) is 1. The Morgan fingerprint density at radius 2 is 1.92 bits per heavy atom. The zero-order valence-electron chi connectivity index (χ0n) is 21.6. The van der Waals surface area contributed by atoms with Crippen LogP contribution in [0.5, 0.6) is 5.75 Å². The van der Waals surface area contributed by atoms with Gasteiger partial charge in [0.25, 0.3) is 5.91 Å². The fourth-order valence-electron chi connectivity index (χ4n) is 4.65. The molecule has 2 aromatic rings. The molecule has 1 aromatic heterocycles. The molecule has 1 N–H and O–H groups in total. The molecule has 1 fully saturated rings. The monoisotopic (exact) mass is 514 g/mol. The van der Waals surface area contributed by atoms with Crippen LogP contribution in [0.4, 0.5) is 9.93 Å². The van der Waals surface area contributed by atoms with Gasteiger partial charge in [0.2, 0.25) is 0 Å². The largest absolute Gasteiger partial charge is 0.496 e. The van der Waals surface area contributed by atoms with Crippen LogP contribution in [0, 0.1) is 6.92 Å². The molecule has 0 saturated carbocycles. The van der Waals surface area contributed by atoms with Crippen molar-refractivity contribution in [3.8, 4) is 5.75 Å². The molecule has 0 atom stereocenters. The van der Waals surface area contributed by atoms with E-state index in [1.165, 1.54) is 11.3 Å². The van der Waals surface area contributed by atoms with Crippen molar-refractivity contribution < 1.29 is 23.9 Å². The molecule has 0 bridgehead atoms. The minimum Gasteiger partial charge on any atom is -0.496 e. The summed E-state index contributed by atoms with van der Waals surface area (Å²) in [6, 6.07) is 3.82. The highest BCUT2D eigenvalue weighted by molar-refractivity contribution is 7.17. The van der Waals surface area contributed by atoms with Gasteiger partial charge in [-0.2, -0.15) is 0 Å². The number of amides is 2. The Morgan fingerprint density at radius 1 is 1.19 bits per heavy atom. The van der Waals surface area contributed by atoms with Gasteiger partial charge in [0.15, 0.2) is 11.4 Å². The highest BCUT2D eigenvalue weighted by atomic mass is 32.1. The number of aryl methyl sites for hydroxylation is 1. The zero-order valence-corrected chi connectivity index (χ0v) is 22.4. The number of benzene rings is 1. The standard InChI is InChI=1S/C26H34N4O5S/c1-16-22(23(32)28-18-8-11-29(12-9-18)25(33)35-26(2,3)4)36-24(27-16)30-13-10-19-17(14-30)6-7-21(34-5)20(19)15-31/h6-7,15,18H,8-14H2,1-5H3,(H,28,32). The van der Waals surface area contributed by atoms with Crippen molar-refractivity contribution in [2.75, 3.05) is 31.6 Å². The molecule has 194 valence electrons. The lowest BCUT2D eigenvalue weighted by molar-refractivity contribution is 0.0199. The highest BCUT2D eigenvalue weighted by Gasteiger charge is 2.29. The third kappa shape index (κ3) is 5.64. The lowest BCUT2D eigenvalue weighted by atomic mass is 9.94. The number of thiazole rings is 1. The summed E-state index contributed by atoms with van der Waals surface area (Å²) in [4.78, 5) is 46.1. The van der Waals surface area contributed by atoms with Crippen molar-refractivity contribution in [2.45, 2.75) is 65.1 Å². The normalized spacial score (nSPS) is 16.4. The van der Waals surface area contributed by atoms with E-state index in [1.807, 2.05) is 39.8 Å². The quantitative estimate of drug-likeness (QED) is 0.603. The van der Waals surface area contributed by atoms with Gasteiger partial charge >= 0.3 is 6.09 Å². The molecule has 0 radical (unpaired) electrons. The van der Waals surface area contributed by atoms with E-state index in [9.17, 15) is 14.4 Å². The molecule has 36 heavy (non-hydrogen) atoms. The average molecular weight is 515 g/mol. The molecule has 9 nitrogen and oxygen atoms in total. The van der Waals surface area contributed by atoms with E-state index < -0.39 is 5.60 Å².